The number of halogens is 1. The highest BCUT2D eigenvalue weighted by atomic mass is 127. The van der Waals surface area contributed by atoms with Crippen LogP contribution in [0.4, 0.5) is 0 Å². The molecule has 0 spiro atoms. The first kappa shape index (κ1) is 23.6. The summed E-state index contributed by atoms with van der Waals surface area (Å²) in [5, 5.41) is 6.94. The van der Waals surface area contributed by atoms with E-state index in [1.807, 2.05) is 0 Å². The molecule has 6 heteroatoms. The van der Waals surface area contributed by atoms with Gasteiger partial charge in [-0.1, -0.05) is 19.1 Å². The van der Waals surface area contributed by atoms with Crippen LogP contribution in [0.5, 0.6) is 0 Å². The van der Waals surface area contributed by atoms with E-state index >= 15 is 0 Å². The molecule has 1 aromatic rings. The van der Waals surface area contributed by atoms with E-state index in [1.165, 1.54) is 42.0 Å². The molecule has 1 fully saturated rings. The van der Waals surface area contributed by atoms with Crippen molar-refractivity contribution >= 4 is 41.7 Å². The van der Waals surface area contributed by atoms with Crippen molar-refractivity contribution in [1.82, 2.24) is 15.5 Å². The van der Waals surface area contributed by atoms with Crippen molar-refractivity contribution in [3.05, 3.63) is 29.3 Å². The van der Waals surface area contributed by atoms with Crippen molar-refractivity contribution in [2.45, 2.75) is 45.1 Å². The first-order valence-electron chi connectivity index (χ1n) is 9.54. The van der Waals surface area contributed by atoms with Gasteiger partial charge in [0.15, 0.2) is 5.96 Å². The second kappa shape index (κ2) is 12.8. The van der Waals surface area contributed by atoms with Crippen LogP contribution in [-0.4, -0.2) is 49.8 Å². The SMILES string of the molecule is CCNC(=NCc1ccc(C)cc1SC)NCC1CCCN(CC)C1.I. The zero-order valence-electron chi connectivity index (χ0n) is 16.7. The van der Waals surface area contributed by atoms with E-state index in [0.717, 1.165) is 38.1 Å². The van der Waals surface area contributed by atoms with Crippen molar-refractivity contribution in [2.75, 3.05) is 39.0 Å². The number of hydrogen-bond acceptors (Lipinski definition) is 3. The quantitative estimate of drug-likeness (QED) is 0.261. The molecule has 1 aliphatic heterocycles. The van der Waals surface area contributed by atoms with Crippen molar-refractivity contribution in [3.8, 4) is 0 Å². The molecule has 0 bridgehead atoms. The Labute approximate surface area is 181 Å². The van der Waals surface area contributed by atoms with Gasteiger partial charge in [-0.2, -0.15) is 0 Å². The highest BCUT2D eigenvalue weighted by Crippen LogP contribution is 2.22. The molecule has 0 saturated carbocycles. The number of piperidine rings is 1. The third kappa shape index (κ3) is 7.64. The summed E-state index contributed by atoms with van der Waals surface area (Å²) in [4.78, 5) is 8.69. The molecule has 0 aliphatic carbocycles. The molecule has 1 heterocycles. The van der Waals surface area contributed by atoms with Gasteiger partial charge in [-0.3, -0.25) is 0 Å². The van der Waals surface area contributed by atoms with Crippen molar-refractivity contribution in [2.24, 2.45) is 10.9 Å². The van der Waals surface area contributed by atoms with Crippen LogP contribution in [-0.2, 0) is 6.54 Å². The first-order chi connectivity index (χ1) is 12.2. The molecule has 4 nitrogen and oxygen atoms in total. The van der Waals surface area contributed by atoms with E-state index in [9.17, 15) is 0 Å². The summed E-state index contributed by atoms with van der Waals surface area (Å²) >= 11 is 1.80. The lowest BCUT2D eigenvalue weighted by atomic mass is 9.98. The van der Waals surface area contributed by atoms with Crippen LogP contribution < -0.4 is 10.6 Å². The first-order valence-corrected chi connectivity index (χ1v) is 10.8. The minimum absolute atomic E-state index is 0. The van der Waals surface area contributed by atoms with Gasteiger partial charge in [0, 0.05) is 24.5 Å². The maximum absolute atomic E-state index is 4.81. The van der Waals surface area contributed by atoms with Crippen molar-refractivity contribution in [3.63, 3.8) is 0 Å². The van der Waals surface area contributed by atoms with Gasteiger partial charge in [0.05, 0.1) is 6.54 Å². The Balaban J connectivity index is 0.00000338. The number of likely N-dealkylation sites (tertiary alicyclic amines) is 1. The van der Waals surface area contributed by atoms with Gasteiger partial charge in [0.25, 0.3) is 0 Å². The molecule has 2 rings (SSSR count). The highest BCUT2D eigenvalue weighted by Gasteiger charge is 2.18. The summed E-state index contributed by atoms with van der Waals surface area (Å²) in [6.45, 7) is 12.8. The molecule has 1 unspecified atom stereocenters. The van der Waals surface area contributed by atoms with E-state index in [0.29, 0.717) is 0 Å². The average Bonchev–Trinajstić information content (AvgIpc) is 2.64. The largest absolute Gasteiger partial charge is 0.357 e. The fraction of sp³-hybridized carbons (Fsp3) is 0.650. The molecule has 0 amide bonds. The lowest BCUT2D eigenvalue weighted by Crippen LogP contribution is -2.44. The van der Waals surface area contributed by atoms with Crippen LogP contribution in [0.3, 0.4) is 0 Å². The third-order valence-corrected chi connectivity index (χ3v) is 5.62. The topological polar surface area (TPSA) is 39.7 Å². The molecule has 0 aromatic heterocycles. The van der Waals surface area contributed by atoms with Gasteiger partial charge in [-0.25, -0.2) is 4.99 Å². The van der Waals surface area contributed by atoms with Crippen LogP contribution >= 0.6 is 35.7 Å². The summed E-state index contributed by atoms with van der Waals surface area (Å²) < 4.78 is 0. The maximum atomic E-state index is 4.81. The highest BCUT2D eigenvalue weighted by molar-refractivity contribution is 14.0. The second-order valence-corrected chi connectivity index (χ2v) is 7.64. The van der Waals surface area contributed by atoms with Gasteiger partial charge in [-0.05, 0) is 69.1 Å². The molecular weight excluding hydrogens is 455 g/mol. The van der Waals surface area contributed by atoms with E-state index in [2.05, 4.69) is 60.8 Å². The number of nitrogens with one attached hydrogen (secondary N) is 2. The Kier molecular flexibility index (Phi) is 11.6. The lowest BCUT2D eigenvalue weighted by molar-refractivity contribution is 0.183. The normalized spacial score (nSPS) is 18.3. The number of aliphatic imine (C=N–C) groups is 1. The molecule has 2 N–H and O–H groups in total. The number of guanidine groups is 1. The molecule has 26 heavy (non-hydrogen) atoms. The fourth-order valence-corrected chi connectivity index (χ4v) is 4.03. The molecule has 0 radical (unpaired) electrons. The average molecular weight is 490 g/mol. The number of rotatable bonds is 7. The molecule has 1 atom stereocenters. The Hall–Kier alpha value is -0.470. The van der Waals surface area contributed by atoms with Crippen LogP contribution in [0, 0.1) is 12.8 Å². The fourth-order valence-electron chi connectivity index (χ4n) is 3.33. The molecule has 1 saturated heterocycles. The number of aryl methyl sites for hydroxylation is 1. The van der Waals surface area contributed by atoms with Crippen molar-refractivity contribution in [1.29, 1.82) is 0 Å². The number of hydrogen-bond donors (Lipinski definition) is 2. The van der Waals surface area contributed by atoms with E-state index in [-0.39, 0.29) is 24.0 Å². The third-order valence-electron chi connectivity index (χ3n) is 4.80. The minimum Gasteiger partial charge on any atom is -0.357 e. The summed E-state index contributed by atoms with van der Waals surface area (Å²) in [6, 6.07) is 6.62. The predicted molar refractivity (Wildman–Crippen MR) is 126 cm³/mol. The molecule has 1 aliphatic rings. The molecular formula is C20H35IN4S. The van der Waals surface area contributed by atoms with E-state index < -0.39 is 0 Å². The monoisotopic (exact) mass is 490 g/mol. The van der Waals surface area contributed by atoms with E-state index in [4.69, 9.17) is 4.99 Å². The Bertz CT molecular complexity index is 565. The van der Waals surface area contributed by atoms with Gasteiger partial charge in [-0.15, -0.1) is 35.7 Å². The number of benzene rings is 1. The van der Waals surface area contributed by atoms with Gasteiger partial charge >= 0.3 is 0 Å². The standard InChI is InChI=1S/C20H34N4S.HI/c1-5-21-20(22-13-17-8-7-11-24(6-2)15-17)23-14-18-10-9-16(3)12-19(18)25-4;/h9-10,12,17H,5-8,11,13-15H2,1-4H3,(H2,21,22,23);1H. The van der Waals surface area contributed by atoms with Crippen LogP contribution in [0.15, 0.2) is 28.1 Å². The molecule has 148 valence electrons. The molecule has 1 aromatic carbocycles. The Morgan fingerprint density at radius 1 is 1.31 bits per heavy atom. The van der Waals surface area contributed by atoms with Gasteiger partial charge < -0.3 is 15.5 Å². The predicted octanol–water partition coefficient (Wildman–Crippen LogP) is 4.12. The van der Waals surface area contributed by atoms with E-state index in [1.54, 1.807) is 11.8 Å². The smallest absolute Gasteiger partial charge is 0.191 e. The second-order valence-electron chi connectivity index (χ2n) is 6.79. The number of thioether (sulfide) groups is 1. The Morgan fingerprint density at radius 3 is 2.81 bits per heavy atom. The summed E-state index contributed by atoms with van der Waals surface area (Å²) in [6.07, 6.45) is 4.76. The zero-order valence-corrected chi connectivity index (χ0v) is 19.8. The number of nitrogens with zero attached hydrogens (tertiary/aromatic N) is 2. The maximum Gasteiger partial charge on any atom is 0.191 e. The Morgan fingerprint density at radius 2 is 2.12 bits per heavy atom. The van der Waals surface area contributed by atoms with Crippen molar-refractivity contribution < 1.29 is 0 Å². The van der Waals surface area contributed by atoms with Crippen LogP contribution in [0.2, 0.25) is 0 Å². The van der Waals surface area contributed by atoms with Crippen LogP contribution in [0.25, 0.3) is 0 Å². The summed E-state index contributed by atoms with van der Waals surface area (Å²) in [5.41, 5.74) is 2.60. The summed E-state index contributed by atoms with van der Waals surface area (Å²) in [7, 11) is 0. The minimum atomic E-state index is 0. The zero-order chi connectivity index (χ0) is 18.1. The van der Waals surface area contributed by atoms with Gasteiger partial charge in [0.2, 0.25) is 0 Å². The summed E-state index contributed by atoms with van der Waals surface area (Å²) in [5.74, 6) is 1.66. The van der Waals surface area contributed by atoms with Crippen LogP contribution in [0.1, 0.15) is 37.8 Å². The lowest BCUT2D eigenvalue weighted by Gasteiger charge is -2.32. The van der Waals surface area contributed by atoms with Gasteiger partial charge in [0.1, 0.15) is 0 Å².